The lowest BCUT2D eigenvalue weighted by Crippen LogP contribution is -2.41. The number of nitrogens with one attached hydrogen (secondary N) is 1. The molecule has 0 aliphatic carbocycles. The monoisotopic (exact) mass is 246 g/mol. The second kappa shape index (κ2) is 4.67. The van der Waals surface area contributed by atoms with Crippen molar-refractivity contribution in [1.82, 2.24) is 10.3 Å². The highest BCUT2D eigenvalue weighted by Crippen LogP contribution is 2.18. The summed E-state index contributed by atoms with van der Waals surface area (Å²) in [6.07, 6.45) is 1.73. The van der Waals surface area contributed by atoms with E-state index in [-0.39, 0.29) is 5.91 Å². The summed E-state index contributed by atoms with van der Waals surface area (Å²) in [5, 5.41) is 6.71. The number of hydrogen-bond donors (Lipinski definition) is 1. The highest BCUT2D eigenvalue weighted by Gasteiger charge is 2.24. The van der Waals surface area contributed by atoms with Crippen LogP contribution in [0.4, 0.5) is 0 Å². The van der Waals surface area contributed by atoms with Crippen LogP contribution in [0.15, 0.2) is 41.2 Å². The molecule has 0 unspecified atom stereocenters. The number of carbonyl (C=O) groups excluding carboxylic acids is 1. The zero-order chi connectivity index (χ0) is 12.3. The minimum atomic E-state index is -0.472. The predicted molar refractivity (Wildman–Crippen MR) is 69.0 cm³/mol. The zero-order valence-electron chi connectivity index (χ0n) is 9.81. The van der Waals surface area contributed by atoms with Gasteiger partial charge in [0.05, 0.1) is 16.8 Å². The number of nitrogens with zero attached hydrogens (tertiary/aromatic N) is 1. The number of amides is 1. The van der Waals surface area contributed by atoms with Crippen LogP contribution in [0, 0.1) is 0 Å². The van der Waals surface area contributed by atoms with Crippen molar-refractivity contribution in [1.29, 1.82) is 0 Å². The van der Waals surface area contributed by atoms with Crippen LogP contribution >= 0.6 is 11.3 Å². The van der Waals surface area contributed by atoms with Crippen molar-refractivity contribution < 1.29 is 4.79 Å². The van der Waals surface area contributed by atoms with Gasteiger partial charge in [0.1, 0.15) is 0 Å². The molecule has 2 rings (SSSR count). The maximum absolute atomic E-state index is 12.0. The summed E-state index contributed by atoms with van der Waals surface area (Å²) < 4.78 is 0. The third kappa shape index (κ3) is 2.71. The molecule has 0 fully saturated rings. The molecule has 0 saturated heterocycles. The summed E-state index contributed by atoms with van der Waals surface area (Å²) in [6.45, 7) is 3.89. The molecule has 2 aromatic heterocycles. The molecule has 88 valence electrons. The lowest BCUT2D eigenvalue weighted by molar-refractivity contribution is 0.0911. The van der Waals surface area contributed by atoms with Crippen molar-refractivity contribution in [2.24, 2.45) is 0 Å². The predicted octanol–water partition coefficient (Wildman–Crippen LogP) is 2.81. The van der Waals surface area contributed by atoms with Gasteiger partial charge in [-0.25, -0.2) is 0 Å². The Morgan fingerprint density at radius 3 is 2.76 bits per heavy atom. The second-order valence-corrected chi connectivity index (χ2v) is 5.09. The SMILES string of the molecule is CC(C)(NC(=O)c1ccsc1)c1ccccn1. The molecule has 0 saturated carbocycles. The number of carbonyl (C=O) groups is 1. The van der Waals surface area contributed by atoms with Gasteiger partial charge in [-0.2, -0.15) is 11.3 Å². The van der Waals surface area contributed by atoms with Crippen LogP contribution in [0.5, 0.6) is 0 Å². The van der Waals surface area contributed by atoms with E-state index in [4.69, 9.17) is 0 Å². The summed E-state index contributed by atoms with van der Waals surface area (Å²) in [5.74, 6) is -0.0677. The summed E-state index contributed by atoms with van der Waals surface area (Å²) in [6, 6.07) is 7.50. The van der Waals surface area contributed by atoms with E-state index in [1.165, 1.54) is 11.3 Å². The molecule has 0 spiro atoms. The third-order valence-corrected chi connectivity index (χ3v) is 3.20. The lowest BCUT2D eigenvalue weighted by atomic mass is 9.99. The van der Waals surface area contributed by atoms with Crippen molar-refractivity contribution in [3.63, 3.8) is 0 Å². The van der Waals surface area contributed by atoms with Gasteiger partial charge in [-0.3, -0.25) is 9.78 Å². The summed E-state index contributed by atoms with van der Waals surface area (Å²) in [5.41, 5.74) is 1.07. The quantitative estimate of drug-likeness (QED) is 0.904. The van der Waals surface area contributed by atoms with Crippen LogP contribution in [-0.4, -0.2) is 10.9 Å². The summed E-state index contributed by atoms with van der Waals surface area (Å²) in [7, 11) is 0. The molecule has 0 atom stereocenters. The Morgan fingerprint density at radius 2 is 2.18 bits per heavy atom. The van der Waals surface area contributed by atoms with E-state index in [2.05, 4.69) is 10.3 Å². The first kappa shape index (κ1) is 11.8. The van der Waals surface area contributed by atoms with Gasteiger partial charge in [0.2, 0.25) is 0 Å². The van der Waals surface area contributed by atoms with Gasteiger partial charge < -0.3 is 5.32 Å². The molecule has 0 aromatic carbocycles. The Kier molecular flexibility index (Phi) is 3.24. The van der Waals surface area contributed by atoms with Crippen LogP contribution in [0.2, 0.25) is 0 Å². The van der Waals surface area contributed by atoms with Crippen molar-refractivity contribution in [2.75, 3.05) is 0 Å². The third-order valence-electron chi connectivity index (χ3n) is 2.51. The van der Waals surface area contributed by atoms with E-state index >= 15 is 0 Å². The molecule has 0 aliphatic heterocycles. The molecule has 4 heteroatoms. The van der Waals surface area contributed by atoms with Crippen LogP contribution in [-0.2, 0) is 5.54 Å². The molecule has 0 bridgehead atoms. The second-order valence-electron chi connectivity index (χ2n) is 4.31. The maximum Gasteiger partial charge on any atom is 0.252 e. The van der Waals surface area contributed by atoms with Crippen LogP contribution in [0.1, 0.15) is 29.9 Å². The smallest absolute Gasteiger partial charge is 0.252 e. The fourth-order valence-corrected chi connectivity index (χ4v) is 2.18. The molecule has 0 aliphatic rings. The minimum Gasteiger partial charge on any atom is -0.341 e. The standard InChI is InChI=1S/C13H14N2OS/c1-13(2,11-5-3-4-7-14-11)15-12(16)10-6-8-17-9-10/h3-9H,1-2H3,(H,15,16). The molecular weight excluding hydrogens is 232 g/mol. The highest BCUT2D eigenvalue weighted by molar-refractivity contribution is 7.08. The van der Waals surface area contributed by atoms with Gasteiger partial charge in [0.15, 0.2) is 0 Å². The molecule has 2 aromatic rings. The van der Waals surface area contributed by atoms with Gasteiger partial charge in [0.25, 0.3) is 5.91 Å². The first-order valence-corrected chi connectivity index (χ1v) is 6.30. The largest absolute Gasteiger partial charge is 0.341 e. The van der Waals surface area contributed by atoms with Crippen LogP contribution in [0.3, 0.4) is 0 Å². The molecular formula is C13H14N2OS. The van der Waals surface area contributed by atoms with Crippen molar-refractivity contribution in [3.05, 3.63) is 52.5 Å². The Balaban J connectivity index is 2.15. The van der Waals surface area contributed by atoms with Gasteiger partial charge >= 0.3 is 0 Å². The number of rotatable bonds is 3. The average molecular weight is 246 g/mol. The topological polar surface area (TPSA) is 42.0 Å². The Morgan fingerprint density at radius 1 is 1.35 bits per heavy atom. The molecule has 1 N–H and O–H groups in total. The van der Waals surface area contributed by atoms with Gasteiger partial charge in [-0.05, 0) is 37.4 Å². The van der Waals surface area contributed by atoms with E-state index < -0.39 is 5.54 Å². The van der Waals surface area contributed by atoms with E-state index in [1.807, 2.05) is 48.9 Å². The van der Waals surface area contributed by atoms with E-state index in [0.29, 0.717) is 5.56 Å². The first-order valence-electron chi connectivity index (χ1n) is 5.36. The lowest BCUT2D eigenvalue weighted by Gasteiger charge is -2.25. The number of thiophene rings is 1. The number of aromatic nitrogens is 1. The molecule has 2 heterocycles. The molecule has 0 radical (unpaired) electrons. The van der Waals surface area contributed by atoms with E-state index in [0.717, 1.165) is 5.69 Å². The normalized spacial score (nSPS) is 11.2. The van der Waals surface area contributed by atoms with E-state index in [9.17, 15) is 4.79 Å². The molecule has 17 heavy (non-hydrogen) atoms. The highest BCUT2D eigenvalue weighted by atomic mass is 32.1. The average Bonchev–Trinajstić information content (AvgIpc) is 2.83. The Hall–Kier alpha value is -1.68. The fourth-order valence-electron chi connectivity index (χ4n) is 1.55. The van der Waals surface area contributed by atoms with Crippen molar-refractivity contribution in [2.45, 2.75) is 19.4 Å². The minimum absolute atomic E-state index is 0.0677. The molecule has 1 amide bonds. The first-order chi connectivity index (χ1) is 8.09. The Labute approximate surface area is 105 Å². The fraction of sp³-hybridized carbons (Fsp3) is 0.231. The Bertz CT molecular complexity index is 491. The molecule has 3 nitrogen and oxygen atoms in total. The maximum atomic E-state index is 12.0. The van der Waals surface area contributed by atoms with Crippen molar-refractivity contribution in [3.8, 4) is 0 Å². The van der Waals surface area contributed by atoms with Gasteiger partial charge in [-0.15, -0.1) is 0 Å². The number of hydrogen-bond acceptors (Lipinski definition) is 3. The van der Waals surface area contributed by atoms with Crippen molar-refractivity contribution >= 4 is 17.2 Å². The number of pyridine rings is 1. The van der Waals surface area contributed by atoms with Gasteiger partial charge in [0, 0.05) is 11.6 Å². The van der Waals surface area contributed by atoms with E-state index in [1.54, 1.807) is 6.20 Å². The summed E-state index contributed by atoms with van der Waals surface area (Å²) in [4.78, 5) is 16.2. The van der Waals surface area contributed by atoms with Crippen LogP contribution < -0.4 is 5.32 Å². The zero-order valence-corrected chi connectivity index (χ0v) is 10.6. The summed E-state index contributed by atoms with van der Waals surface area (Å²) >= 11 is 1.51. The van der Waals surface area contributed by atoms with Gasteiger partial charge in [-0.1, -0.05) is 6.07 Å². The van der Waals surface area contributed by atoms with Crippen LogP contribution in [0.25, 0.3) is 0 Å².